The first-order valence-corrected chi connectivity index (χ1v) is 15.0. The number of carbonyl (C=O) groups excluding carboxylic acids is 4. The summed E-state index contributed by atoms with van der Waals surface area (Å²) in [5, 5.41) is 11.6. The fourth-order valence-electron chi connectivity index (χ4n) is 7.22. The summed E-state index contributed by atoms with van der Waals surface area (Å²) in [4.78, 5) is 69.3. The predicted molar refractivity (Wildman–Crippen MR) is 165 cm³/mol. The summed E-state index contributed by atoms with van der Waals surface area (Å²) in [5.74, 6) is -1.45. The summed E-state index contributed by atoms with van der Waals surface area (Å²) in [7, 11) is 0. The number of anilines is 1. The summed E-state index contributed by atoms with van der Waals surface area (Å²) in [6, 6.07) is 17.6. The van der Waals surface area contributed by atoms with Gasteiger partial charge in [-0.25, -0.2) is 9.78 Å². The van der Waals surface area contributed by atoms with Crippen LogP contribution in [0.4, 0.5) is 11.4 Å². The molecule has 1 aliphatic heterocycles. The number of nitro benzene ring substituents is 1. The van der Waals surface area contributed by atoms with Crippen molar-refractivity contribution in [3.8, 4) is 11.3 Å². The third kappa shape index (κ3) is 4.85. The van der Waals surface area contributed by atoms with E-state index in [1.807, 2.05) is 13.0 Å². The number of aromatic nitrogens is 1. The maximum absolute atomic E-state index is 13.4. The van der Waals surface area contributed by atoms with E-state index in [-0.39, 0.29) is 39.8 Å². The second-order valence-corrected chi connectivity index (χ2v) is 12.3. The molecule has 2 amide bonds. The largest absolute Gasteiger partial charge is 0.454 e. The lowest BCUT2D eigenvalue weighted by Crippen LogP contribution is -2.32. The van der Waals surface area contributed by atoms with Gasteiger partial charge in [0, 0.05) is 22.6 Å². The van der Waals surface area contributed by atoms with E-state index in [2.05, 4.69) is 0 Å². The van der Waals surface area contributed by atoms with Crippen molar-refractivity contribution in [2.24, 2.45) is 23.7 Å². The standard InChI is InChI=1S/C34H26ClN3O7/c1-17-2-11-26-23(12-17)24(34(42)45-16-29(39)19-7-10-25(35)28(14-19)38(43)44)15-27(36-26)18-5-8-22(9-6-18)37-32(40)30-20-3-4-21(13-20)31(30)33(37)41/h2,5-12,14-15,20-21,30-31H,3-4,13,16H2,1H3. The molecule has 2 bridgehead atoms. The highest BCUT2D eigenvalue weighted by molar-refractivity contribution is 6.32. The van der Waals surface area contributed by atoms with Crippen LogP contribution in [0, 0.1) is 40.7 Å². The number of rotatable bonds is 7. The molecule has 4 atom stereocenters. The van der Waals surface area contributed by atoms with Crippen LogP contribution in [0.25, 0.3) is 22.2 Å². The average Bonchev–Trinajstić information content (AvgIpc) is 3.72. The lowest BCUT2D eigenvalue weighted by atomic mass is 9.81. The van der Waals surface area contributed by atoms with Gasteiger partial charge < -0.3 is 4.74 Å². The molecule has 45 heavy (non-hydrogen) atoms. The molecular weight excluding hydrogens is 598 g/mol. The number of amides is 2. The van der Waals surface area contributed by atoms with E-state index < -0.39 is 29.0 Å². The van der Waals surface area contributed by atoms with E-state index in [4.69, 9.17) is 21.3 Å². The number of pyridine rings is 1. The third-order valence-electron chi connectivity index (χ3n) is 9.33. The molecule has 2 heterocycles. The molecule has 10 nitrogen and oxygen atoms in total. The predicted octanol–water partition coefficient (Wildman–Crippen LogP) is 6.35. The van der Waals surface area contributed by atoms with Gasteiger partial charge in [0.25, 0.3) is 5.69 Å². The molecule has 3 fully saturated rings. The first kappa shape index (κ1) is 28.8. The zero-order chi connectivity index (χ0) is 31.6. The summed E-state index contributed by atoms with van der Waals surface area (Å²) in [5.41, 5.74) is 2.79. The molecule has 1 aromatic heterocycles. The molecule has 226 valence electrons. The number of benzene rings is 3. The molecule has 0 N–H and O–H groups in total. The molecule has 7 rings (SSSR count). The maximum atomic E-state index is 13.4. The lowest BCUT2D eigenvalue weighted by molar-refractivity contribution is -0.384. The number of imide groups is 1. The summed E-state index contributed by atoms with van der Waals surface area (Å²) < 4.78 is 5.38. The first-order valence-electron chi connectivity index (χ1n) is 14.6. The van der Waals surface area contributed by atoms with Gasteiger partial charge in [0.1, 0.15) is 5.02 Å². The van der Waals surface area contributed by atoms with Gasteiger partial charge in [-0.3, -0.25) is 29.4 Å². The Kier molecular flexibility index (Phi) is 6.96. The Labute approximate surface area is 262 Å². The molecule has 4 unspecified atom stereocenters. The summed E-state index contributed by atoms with van der Waals surface area (Å²) in [6.45, 7) is 1.23. The van der Waals surface area contributed by atoms with Crippen LogP contribution in [-0.2, 0) is 14.3 Å². The SMILES string of the molecule is Cc1ccc2nc(-c3ccc(N4C(=O)C5C6CCC(C6)C5C4=O)cc3)cc(C(=O)OCC(=O)c3ccc(Cl)c([N+](=O)[O-])c3)c2c1. The number of aryl methyl sites for hydroxylation is 1. The van der Waals surface area contributed by atoms with Gasteiger partial charge >= 0.3 is 5.97 Å². The normalized spacial score (nSPS) is 21.8. The van der Waals surface area contributed by atoms with Gasteiger partial charge in [0.2, 0.25) is 17.6 Å². The molecule has 11 heteroatoms. The molecule has 4 aromatic rings. The van der Waals surface area contributed by atoms with Crippen molar-refractivity contribution in [3.63, 3.8) is 0 Å². The van der Waals surface area contributed by atoms with Crippen LogP contribution in [0.1, 0.15) is 45.5 Å². The van der Waals surface area contributed by atoms with Gasteiger partial charge in [-0.1, -0.05) is 35.4 Å². The molecule has 2 saturated carbocycles. The zero-order valence-electron chi connectivity index (χ0n) is 24.1. The van der Waals surface area contributed by atoms with Crippen LogP contribution in [0.3, 0.4) is 0 Å². The number of ketones is 1. The highest BCUT2D eigenvalue weighted by atomic mass is 35.5. The van der Waals surface area contributed by atoms with Crippen molar-refractivity contribution in [3.05, 3.63) is 98.6 Å². The van der Waals surface area contributed by atoms with Crippen molar-refractivity contribution in [2.45, 2.75) is 26.2 Å². The second-order valence-electron chi connectivity index (χ2n) is 11.9. The third-order valence-corrected chi connectivity index (χ3v) is 9.65. The molecule has 0 radical (unpaired) electrons. The smallest absolute Gasteiger partial charge is 0.339 e. The van der Waals surface area contributed by atoms with E-state index in [0.717, 1.165) is 30.9 Å². The molecule has 0 spiro atoms. The Hall–Kier alpha value is -4.96. The molecule has 3 aliphatic rings. The average molecular weight is 624 g/mol. The van der Waals surface area contributed by atoms with Gasteiger partial charge in [-0.05, 0) is 80.5 Å². The second kappa shape index (κ2) is 10.9. The zero-order valence-corrected chi connectivity index (χ0v) is 24.8. The topological polar surface area (TPSA) is 137 Å². The van der Waals surface area contributed by atoms with E-state index >= 15 is 0 Å². The van der Waals surface area contributed by atoms with Crippen LogP contribution in [0.2, 0.25) is 5.02 Å². The number of hydrogen-bond acceptors (Lipinski definition) is 8. The lowest BCUT2D eigenvalue weighted by Gasteiger charge is -2.19. The Morgan fingerprint density at radius 2 is 1.67 bits per heavy atom. The molecular formula is C34H26ClN3O7. The number of nitrogens with zero attached hydrogens (tertiary/aromatic N) is 3. The van der Waals surface area contributed by atoms with E-state index in [0.29, 0.717) is 39.7 Å². The Morgan fingerprint density at radius 1 is 0.978 bits per heavy atom. The number of ether oxygens (including phenoxy) is 1. The van der Waals surface area contributed by atoms with Crippen molar-refractivity contribution >= 4 is 57.4 Å². The number of Topliss-reactive ketones (excluding diaryl/α,β-unsaturated/α-hetero) is 1. The van der Waals surface area contributed by atoms with E-state index in [9.17, 15) is 29.3 Å². The number of esters is 1. The van der Waals surface area contributed by atoms with Crippen molar-refractivity contribution in [2.75, 3.05) is 11.5 Å². The van der Waals surface area contributed by atoms with E-state index in [1.54, 1.807) is 42.5 Å². The fraction of sp³-hybridized carbons (Fsp3) is 0.265. The molecule has 1 saturated heterocycles. The van der Waals surface area contributed by atoms with Crippen LogP contribution in [0.15, 0.2) is 66.7 Å². The number of carbonyl (C=O) groups is 4. The number of hydrogen-bond donors (Lipinski definition) is 0. The van der Waals surface area contributed by atoms with Gasteiger partial charge in [0.05, 0.1) is 39.2 Å². The molecule has 2 aliphatic carbocycles. The van der Waals surface area contributed by atoms with Crippen molar-refractivity contribution < 1.29 is 28.8 Å². The highest BCUT2D eigenvalue weighted by Crippen LogP contribution is 2.56. The van der Waals surface area contributed by atoms with E-state index in [1.165, 1.54) is 17.0 Å². The van der Waals surface area contributed by atoms with Gasteiger partial charge in [-0.15, -0.1) is 0 Å². The number of nitro groups is 1. The summed E-state index contributed by atoms with van der Waals surface area (Å²) in [6.07, 6.45) is 2.98. The Balaban J connectivity index is 1.15. The maximum Gasteiger partial charge on any atom is 0.339 e. The van der Waals surface area contributed by atoms with Crippen LogP contribution >= 0.6 is 11.6 Å². The summed E-state index contributed by atoms with van der Waals surface area (Å²) >= 11 is 5.85. The first-order chi connectivity index (χ1) is 21.6. The van der Waals surface area contributed by atoms with Crippen molar-refractivity contribution in [1.82, 2.24) is 4.98 Å². The minimum absolute atomic E-state index is 0.0126. The Bertz CT molecular complexity index is 1930. The minimum Gasteiger partial charge on any atom is -0.454 e. The van der Waals surface area contributed by atoms with Crippen molar-refractivity contribution in [1.29, 1.82) is 0 Å². The van der Waals surface area contributed by atoms with Gasteiger partial charge in [0.15, 0.2) is 6.61 Å². The van der Waals surface area contributed by atoms with Crippen LogP contribution in [0.5, 0.6) is 0 Å². The van der Waals surface area contributed by atoms with Gasteiger partial charge in [-0.2, -0.15) is 0 Å². The highest BCUT2D eigenvalue weighted by Gasteiger charge is 2.61. The Morgan fingerprint density at radius 3 is 2.33 bits per heavy atom. The minimum atomic E-state index is -0.767. The fourth-order valence-corrected chi connectivity index (χ4v) is 7.41. The monoisotopic (exact) mass is 623 g/mol. The number of halogens is 1. The quantitative estimate of drug-likeness (QED) is 0.0764. The number of fused-ring (bicyclic) bond motifs is 6. The van der Waals surface area contributed by atoms with Crippen LogP contribution < -0.4 is 4.90 Å². The van der Waals surface area contributed by atoms with Crippen LogP contribution in [-0.4, -0.2) is 40.1 Å². The molecule has 3 aromatic carbocycles.